The van der Waals surface area contributed by atoms with Gasteiger partial charge >= 0.3 is 5.97 Å². The maximum atomic E-state index is 11.5. The lowest BCUT2D eigenvalue weighted by Gasteiger charge is -2.19. The Morgan fingerprint density at radius 1 is 0.778 bits per heavy atom. The Labute approximate surface area is 164 Å². The average Bonchev–Trinajstić information content (AvgIpc) is 2.68. The Bertz CT molecular complexity index is 786. The summed E-state index contributed by atoms with van der Waals surface area (Å²) in [6.45, 7) is 9.95. The van der Waals surface area contributed by atoms with E-state index in [1.54, 1.807) is 0 Å². The van der Waals surface area contributed by atoms with Crippen molar-refractivity contribution in [3.8, 4) is 0 Å². The predicted molar refractivity (Wildman–Crippen MR) is 116 cm³/mol. The topological polar surface area (TPSA) is 26.3 Å². The number of fused-ring (bicyclic) bond motifs is 1. The zero-order chi connectivity index (χ0) is 20.1. The normalized spacial score (nSPS) is 10.7. The number of esters is 1. The molecule has 1 unspecified atom stereocenters. The highest BCUT2D eigenvalue weighted by molar-refractivity contribution is 5.86. The van der Waals surface area contributed by atoms with Crippen LogP contribution in [0.4, 0.5) is 0 Å². The fourth-order valence-electron chi connectivity index (χ4n) is 2.58. The molecule has 0 aliphatic heterocycles. The van der Waals surface area contributed by atoms with Gasteiger partial charge in [0.2, 0.25) is 0 Å². The number of carbonyl (C=O) groups is 1. The third kappa shape index (κ3) is 7.26. The van der Waals surface area contributed by atoms with Crippen LogP contribution in [0.2, 0.25) is 0 Å². The largest absolute Gasteiger partial charge is 0.453 e. The van der Waals surface area contributed by atoms with Crippen LogP contribution in [0.25, 0.3) is 10.8 Å². The lowest BCUT2D eigenvalue weighted by molar-refractivity contribution is -0.144. The first-order valence-electron chi connectivity index (χ1n) is 9.78. The van der Waals surface area contributed by atoms with Gasteiger partial charge in [0, 0.05) is 12.5 Å². The Balaban J connectivity index is 0.000000540. The standard InChI is InChI=1S/C19H16O2.2C3H8/c1-14(20)21-19(16-9-3-2-4-10-16)18-13-7-11-15-8-5-6-12-17(15)18;2*1-3-2/h2-13,19H,1H3;2*3H2,1-2H3. The van der Waals surface area contributed by atoms with Crippen molar-refractivity contribution >= 4 is 16.7 Å². The molecule has 2 nitrogen and oxygen atoms in total. The molecule has 0 amide bonds. The van der Waals surface area contributed by atoms with Crippen molar-refractivity contribution in [1.82, 2.24) is 0 Å². The third-order valence-corrected chi connectivity index (χ3v) is 3.49. The molecule has 0 saturated heterocycles. The Kier molecular flexibility index (Phi) is 10.5. The lowest BCUT2D eigenvalue weighted by Crippen LogP contribution is -2.10. The van der Waals surface area contributed by atoms with Crippen LogP contribution in [0.15, 0.2) is 72.8 Å². The van der Waals surface area contributed by atoms with Crippen LogP contribution in [0.3, 0.4) is 0 Å². The van der Waals surface area contributed by atoms with Gasteiger partial charge in [0.05, 0.1) is 0 Å². The highest BCUT2D eigenvalue weighted by Gasteiger charge is 2.19. The molecular formula is C25H32O2. The fraction of sp³-hybridized carbons (Fsp3) is 0.320. The first kappa shape index (κ1) is 22.4. The van der Waals surface area contributed by atoms with E-state index in [1.165, 1.54) is 19.8 Å². The van der Waals surface area contributed by atoms with Crippen molar-refractivity contribution in [2.75, 3.05) is 0 Å². The van der Waals surface area contributed by atoms with E-state index in [1.807, 2.05) is 54.6 Å². The second-order valence-electron chi connectivity index (χ2n) is 6.38. The van der Waals surface area contributed by atoms with Crippen molar-refractivity contribution in [1.29, 1.82) is 0 Å². The quantitative estimate of drug-likeness (QED) is 0.455. The second-order valence-corrected chi connectivity index (χ2v) is 6.38. The summed E-state index contributed by atoms with van der Waals surface area (Å²) in [5.74, 6) is -0.281. The van der Waals surface area contributed by atoms with Crippen LogP contribution in [0.1, 0.15) is 64.7 Å². The highest BCUT2D eigenvalue weighted by Crippen LogP contribution is 2.31. The number of carbonyl (C=O) groups excluding carboxylic acids is 1. The van der Waals surface area contributed by atoms with E-state index < -0.39 is 0 Å². The molecule has 1 atom stereocenters. The maximum absolute atomic E-state index is 11.5. The SMILES string of the molecule is CC(=O)OC(c1ccccc1)c1cccc2ccccc12.CCC.CCC. The van der Waals surface area contributed by atoms with Gasteiger partial charge in [-0.3, -0.25) is 4.79 Å². The predicted octanol–water partition coefficient (Wildman–Crippen LogP) is 7.32. The van der Waals surface area contributed by atoms with Crippen molar-refractivity contribution in [3.63, 3.8) is 0 Å². The molecule has 27 heavy (non-hydrogen) atoms. The Morgan fingerprint density at radius 2 is 1.30 bits per heavy atom. The molecule has 0 saturated carbocycles. The van der Waals surface area contributed by atoms with E-state index in [0.29, 0.717) is 0 Å². The molecule has 0 radical (unpaired) electrons. The molecule has 0 spiro atoms. The van der Waals surface area contributed by atoms with E-state index in [2.05, 4.69) is 45.9 Å². The zero-order valence-electron chi connectivity index (χ0n) is 17.2. The molecule has 0 aliphatic rings. The Hall–Kier alpha value is -2.61. The van der Waals surface area contributed by atoms with Gasteiger partial charge in [-0.05, 0) is 16.3 Å². The van der Waals surface area contributed by atoms with E-state index >= 15 is 0 Å². The molecule has 0 fully saturated rings. The zero-order valence-corrected chi connectivity index (χ0v) is 17.2. The second kappa shape index (κ2) is 12.7. The first-order chi connectivity index (χ1) is 13.1. The summed E-state index contributed by atoms with van der Waals surface area (Å²) in [4.78, 5) is 11.5. The van der Waals surface area contributed by atoms with E-state index in [-0.39, 0.29) is 12.1 Å². The van der Waals surface area contributed by atoms with Crippen molar-refractivity contribution in [2.45, 2.75) is 53.6 Å². The van der Waals surface area contributed by atoms with Crippen molar-refractivity contribution in [2.24, 2.45) is 0 Å². The monoisotopic (exact) mass is 364 g/mol. The summed E-state index contributed by atoms with van der Waals surface area (Å²) in [6.07, 6.45) is 2.12. The molecule has 144 valence electrons. The van der Waals surface area contributed by atoms with Gasteiger partial charge in [-0.2, -0.15) is 0 Å². The Morgan fingerprint density at radius 3 is 1.89 bits per heavy atom. The summed E-state index contributed by atoms with van der Waals surface area (Å²) >= 11 is 0. The fourth-order valence-corrected chi connectivity index (χ4v) is 2.58. The van der Waals surface area contributed by atoms with Crippen molar-refractivity contribution < 1.29 is 9.53 Å². The number of ether oxygens (including phenoxy) is 1. The summed E-state index contributed by atoms with van der Waals surface area (Å²) in [5, 5.41) is 2.25. The van der Waals surface area contributed by atoms with E-state index in [4.69, 9.17) is 4.74 Å². The van der Waals surface area contributed by atoms with Crippen LogP contribution in [0, 0.1) is 0 Å². The third-order valence-electron chi connectivity index (χ3n) is 3.49. The van der Waals surface area contributed by atoms with Crippen LogP contribution < -0.4 is 0 Å². The van der Waals surface area contributed by atoms with Crippen LogP contribution in [-0.2, 0) is 9.53 Å². The van der Waals surface area contributed by atoms with E-state index in [9.17, 15) is 4.79 Å². The molecule has 0 N–H and O–H groups in total. The molecule has 0 aliphatic carbocycles. The highest BCUT2D eigenvalue weighted by atomic mass is 16.5. The molecule has 0 aromatic heterocycles. The van der Waals surface area contributed by atoms with Crippen LogP contribution in [0.5, 0.6) is 0 Å². The molecule has 0 heterocycles. The molecule has 3 aromatic rings. The molecule has 3 rings (SSSR count). The number of hydrogen-bond acceptors (Lipinski definition) is 2. The maximum Gasteiger partial charge on any atom is 0.303 e. The summed E-state index contributed by atoms with van der Waals surface area (Å²) in [6, 6.07) is 24.0. The molecule has 3 aromatic carbocycles. The minimum absolute atomic E-state index is 0.281. The number of benzene rings is 3. The molecule has 2 heteroatoms. The van der Waals surface area contributed by atoms with E-state index in [0.717, 1.165) is 21.9 Å². The minimum atomic E-state index is -0.380. The van der Waals surface area contributed by atoms with Gasteiger partial charge in [0.1, 0.15) is 0 Å². The number of hydrogen-bond donors (Lipinski definition) is 0. The molecule has 0 bridgehead atoms. The number of rotatable bonds is 3. The summed E-state index contributed by atoms with van der Waals surface area (Å²) in [5.41, 5.74) is 1.98. The van der Waals surface area contributed by atoms with Crippen LogP contribution in [-0.4, -0.2) is 5.97 Å². The van der Waals surface area contributed by atoms with Crippen molar-refractivity contribution in [3.05, 3.63) is 83.9 Å². The van der Waals surface area contributed by atoms with Gasteiger partial charge in [-0.15, -0.1) is 0 Å². The van der Waals surface area contributed by atoms with Gasteiger partial charge in [-0.1, -0.05) is 113 Å². The van der Waals surface area contributed by atoms with Gasteiger partial charge in [-0.25, -0.2) is 0 Å². The van der Waals surface area contributed by atoms with Gasteiger partial charge in [0.25, 0.3) is 0 Å². The minimum Gasteiger partial charge on any atom is -0.453 e. The lowest BCUT2D eigenvalue weighted by atomic mass is 9.96. The first-order valence-corrected chi connectivity index (χ1v) is 9.78. The average molecular weight is 365 g/mol. The van der Waals surface area contributed by atoms with Gasteiger partial charge < -0.3 is 4.74 Å². The molecular weight excluding hydrogens is 332 g/mol. The van der Waals surface area contributed by atoms with Crippen LogP contribution >= 0.6 is 0 Å². The summed E-state index contributed by atoms with van der Waals surface area (Å²) in [7, 11) is 0. The summed E-state index contributed by atoms with van der Waals surface area (Å²) < 4.78 is 5.59. The smallest absolute Gasteiger partial charge is 0.303 e. The van der Waals surface area contributed by atoms with Gasteiger partial charge in [0.15, 0.2) is 6.10 Å².